The van der Waals surface area contributed by atoms with Crippen molar-refractivity contribution in [3.05, 3.63) is 11.4 Å². The number of sulfonamides is 1. The first-order chi connectivity index (χ1) is 9.59. The zero-order chi connectivity index (χ0) is 15.6. The van der Waals surface area contributed by atoms with Crippen molar-refractivity contribution in [2.24, 2.45) is 16.7 Å². The zero-order valence-corrected chi connectivity index (χ0v) is 14.3. The Kier molecular flexibility index (Phi) is 3.09. The normalized spacial score (nSPS) is 34.5. The lowest BCUT2D eigenvalue weighted by Gasteiger charge is -2.39. The fourth-order valence-electron chi connectivity index (χ4n) is 4.56. The lowest BCUT2D eigenvalue weighted by molar-refractivity contribution is 0.130. The summed E-state index contributed by atoms with van der Waals surface area (Å²) in [4.78, 5) is 0.312. The average Bonchev–Trinajstić information content (AvgIpc) is 2.87. The second-order valence-corrected chi connectivity index (χ2v) is 9.20. The van der Waals surface area contributed by atoms with Crippen molar-refractivity contribution in [3.8, 4) is 0 Å². The number of fused-ring (bicyclic) bond motifs is 2. The van der Waals surface area contributed by atoms with Gasteiger partial charge < -0.3 is 0 Å². The van der Waals surface area contributed by atoms with E-state index in [1.807, 2.05) is 0 Å². The quantitative estimate of drug-likeness (QED) is 0.900. The van der Waals surface area contributed by atoms with Crippen LogP contribution in [0.4, 0.5) is 0 Å². The predicted octanol–water partition coefficient (Wildman–Crippen LogP) is 2.52. The highest BCUT2D eigenvalue weighted by atomic mass is 32.2. The Balaban J connectivity index is 1.92. The van der Waals surface area contributed by atoms with E-state index in [0.717, 1.165) is 12.8 Å². The fraction of sp³-hybridized carbons (Fsp3) is 0.800. The summed E-state index contributed by atoms with van der Waals surface area (Å²) in [6.45, 7) is 10.3. The number of hydrogen-bond donors (Lipinski definition) is 2. The Hall–Kier alpha value is -0.880. The van der Waals surface area contributed by atoms with Gasteiger partial charge in [-0.15, -0.1) is 0 Å². The molecule has 0 spiro atoms. The van der Waals surface area contributed by atoms with Crippen LogP contribution in [0.2, 0.25) is 0 Å². The minimum Gasteiger partial charge on any atom is -0.281 e. The molecule has 0 aliphatic heterocycles. The largest absolute Gasteiger partial charge is 0.281 e. The van der Waals surface area contributed by atoms with Crippen molar-refractivity contribution >= 4 is 10.0 Å². The maximum Gasteiger partial charge on any atom is 0.244 e. The Morgan fingerprint density at radius 3 is 2.38 bits per heavy atom. The minimum atomic E-state index is -3.52. The smallest absolute Gasteiger partial charge is 0.244 e. The number of aryl methyl sites for hydroxylation is 2. The van der Waals surface area contributed by atoms with Crippen molar-refractivity contribution in [1.82, 2.24) is 14.9 Å². The monoisotopic (exact) mass is 311 g/mol. The molecule has 2 saturated carbocycles. The first-order valence-corrected chi connectivity index (χ1v) is 9.12. The van der Waals surface area contributed by atoms with E-state index < -0.39 is 10.0 Å². The van der Waals surface area contributed by atoms with Crippen LogP contribution in [0.3, 0.4) is 0 Å². The number of nitrogens with zero attached hydrogens (tertiary/aromatic N) is 1. The van der Waals surface area contributed by atoms with Crippen LogP contribution in [0, 0.1) is 30.6 Å². The van der Waals surface area contributed by atoms with E-state index >= 15 is 0 Å². The van der Waals surface area contributed by atoms with Crippen LogP contribution < -0.4 is 4.72 Å². The Morgan fingerprint density at radius 1 is 1.29 bits per heavy atom. The molecule has 0 radical (unpaired) electrons. The van der Waals surface area contributed by atoms with Gasteiger partial charge in [-0.25, -0.2) is 13.1 Å². The Morgan fingerprint density at radius 2 is 1.95 bits per heavy atom. The van der Waals surface area contributed by atoms with Crippen LogP contribution in [0.15, 0.2) is 4.90 Å². The van der Waals surface area contributed by atoms with Gasteiger partial charge in [0, 0.05) is 6.04 Å². The molecule has 0 amide bonds. The molecule has 0 aromatic carbocycles. The van der Waals surface area contributed by atoms with Crippen molar-refractivity contribution in [3.63, 3.8) is 0 Å². The minimum absolute atomic E-state index is 0.0185. The summed E-state index contributed by atoms with van der Waals surface area (Å²) in [6, 6.07) is 0.0185. The molecule has 1 aromatic rings. The number of rotatable bonds is 3. The summed E-state index contributed by atoms with van der Waals surface area (Å²) in [7, 11) is -3.52. The van der Waals surface area contributed by atoms with Gasteiger partial charge in [0.2, 0.25) is 10.0 Å². The van der Waals surface area contributed by atoms with Crippen molar-refractivity contribution in [2.45, 2.75) is 64.8 Å². The number of hydrogen-bond acceptors (Lipinski definition) is 3. The SMILES string of the molecule is Cc1n[nH]c(C)c1S(=O)(=O)NC1CC2CCC1(C)C2(C)C. The van der Waals surface area contributed by atoms with Crippen LogP contribution in [0.25, 0.3) is 0 Å². The maximum atomic E-state index is 12.7. The average molecular weight is 311 g/mol. The second kappa shape index (κ2) is 4.32. The van der Waals surface area contributed by atoms with Crippen LogP contribution in [-0.2, 0) is 10.0 Å². The molecular weight excluding hydrogens is 286 g/mol. The summed E-state index contributed by atoms with van der Waals surface area (Å²) < 4.78 is 28.5. The first-order valence-electron chi connectivity index (χ1n) is 7.63. The van der Waals surface area contributed by atoms with Gasteiger partial charge in [-0.3, -0.25) is 5.10 Å². The molecule has 3 rings (SSSR count). The highest BCUT2D eigenvalue weighted by Gasteiger charge is 2.62. The van der Waals surface area contributed by atoms with E-state index in [9.17, 15) is 8.42 Å². The molecule has 2 aliphatic rings. The van der Waals surface area contributed by atoms with E-state index in [-0.39, 0.29) is 16.9 Å². The van der Waals surface area contributed by atoms with Crippen LogP contribution in [0.1, 0.15) is 51.4 Å². The molecule has 2 N–H and O–H groups in total. The molecule has 21 heavy (non-hydrogen) atoms. The van der Waals surface area contributed by atoms with E-state index in [1.165, 1.54) is 6.42 Å². The maximum absolute atomic E-state index is 12.7. The van der Waals surface area contributed by atoms with Gasteiger partial charge in [-0.05, 0) is 49.9 Å². The van der Waals surface area contributed by atoms with Gasteiger partial charge in [0.1, 0.15) is 4.90 Å². The summed E-state index contributed by atoms with van der Waals surface area (Å²) >= 11 is 0. The molecule has 2 aliphatic carbocycles. The van der Waals surface area contributed by atoms with Gasteiger partial charge >= 0.3 is 0 Å². The molecule has 2 bridgehead atoms. The number of nitrogens with one attached hydrogen (secondary N) is 2. The van der Waals surface area contributed by atoms with E-state index in [1.54, 1.807) is 13.8 Å². The third-order valence-corrected chi connectivity index (χ3v) is 8.15. The van der Waals surface area contributed by atoms with Gasteiger partial charge in [0.15, 0.2) is 0 Å². The van der Waals surface area contributed by atoms with Gasteiger partial charge in [0.05, 0.1) is 11.4 Å². The summed E-state index contributed by atoms with van der Waals surface area (Å²) in [5, 5.41) is 6.77. The molecule has 3 unspecified atom stereocenters. The summed E-state index contributed by atoms with van der Waals surface area (Å²) in [6.07, 6.45) is 3.26. The molecular formula is C15H25N3O2S. The van der Waals surface area contributed by atoms with E-state index in [2.05, 4.69) is 35.7 Å². The van der Waals surface area contributed by atoms with Gasteiger partial charge in [-0.2, -0.15) is 5.10 Å². The van der Waals surface area contributed by atoms with Crippen molar-refractivity contribution in [1.29, 1.82) is 0 Å². The van der Waals surface area contributed by atoms with Gasteiger partial charge in [-0.1, -0.05) is 20.8 Å². The van der Waals surface area contributed by atoms with Gasteiger partial charge in [0.25, 0.3) is 0 Å². The van der Waals surface area contributed by atoms with Crippen LogP contribution >= 0.6 is 0 Å². The third kappa shape index (κ3) is 1.91. The molecule has 118 valence electrons. The lowest BCUT2D eigenvalue weighted by Crippen LogP contribution is -2.46. The van der Waals surface area contributed by atoms with Crippen molar-refractivity contribution < 1.29 is 8.42 Å². The molecule has 1 heterocycles. The molecule has 0 saturated heterocycles. The molecule has 5 nitrogen and oxygen atoms in total. The number of H-pyrrole nitrogens is 1. The topological polar surface area (TPSA) is 74.8 Å². The number of aromatic amines is 1. The number of aromatic nitrogens is 2. The van der Waals surface area contributed by atoms with Crippen LogP contribution in [-0.4, -0.2) is 24.7 Å². The first kappa shape index (κ1) is 15.0. The molecule has 3 atom stereocenters. The highest BCUT2D eigenvalue weighted by Crippen LogP contribution is 2.65. The Labute approximate surface area is 127 Å². The fourth-order valence-corrected chi connectivity index (χ4v) is 6.30. The zero-order valence-electron chi connectivity index (χ0n) is 13.4. The lowest BCUT2D eigenvalue weighted by atomic mass is 9.69. The second-order valence-electron chi connectivity index (χ2n) is 7.55. The van der Waals surface area contributed by atoms with E-state index in [0.29, 0.717) is 22.2 Å². The molecule has 6 heteroatoms. The van der Waals surface area contributed by atoms with Crippen molar-refractivity contribution in [2.75, 3.05) is 0 Å². The van der Waals surface area contributed by atoms with E-state index in [4.69, 9.17) is 0 Å². The standard InChI is InChI=1S/C15H25N3O2S/c1-9-13(10(2)17-16-9)21(19,20)18-12-8-11-6-7-15(12,5)14(11,3)4/h11-12,18H,6-8H2,1-5H3,(H,16,17). The third-order valence-electron chi connectivity index (χ3n) is 6.42. The molecule has 2 fully saturated rings. The predicted molar refractivity (Wildman–Crippen MR) is 81.4 cm³/mol. The highest BCUT2D eigenvalue weighted by molar-refractivity contribution is 7.89. The summed E-state index contributed by atoms with van der Waals surface area (Å²) in [5.41, 5.74) is 1.37. The summed E-state index contributed by atoms with van der Waals surface area (Å²) in [5.74, 6) is 0.613. The molecule has 1 aromatic heterocycles. The Bertz CT molecular complexity index is 658. The van der Waals surface area contributed by atoms with Crippen LogP contribution in [0.5, 0.6) is 0 Å².